The molecule has 0 fully saturated rings. The third kappa shape index (κ3) is 5.57. The Labute approximate surface area is 122 Å². The van der Waals surface area contributed by atoms with E-state index < -0.39 is 5.60 Å². The molecule has 0 amide bonds. The molecule has 0 spiro atoms. The summed E-state index contributed by atoms with van der Waals surface area (Å²) in [5.74, 6) is -0.262. The Morgan fingerprint density at radius 2 is 2.11 bits per heavy atom. The molecule has 0 radical (unpaired) electrons. The van der Waals surface area contributed by atoms with Gasteiger partial charge in [-0.3, -0.25) is 0 Å². The highest BCUT2D eigenvalue weighted by atomic mass is 79.9. The molecule has 0 saturated heterocycles. The summed E-state index contributed by atoms with van der Waals surface area (Å²) in [7, 11) is 3.85. The van der Waals surface area contributed by atoms with E-state index in [-0.39, 0.29) is 11.9 Å². The van der Waals surface area contributed by atoms with E-state index in [0.717, 1.165) is 10.0 Å². The number of benzene rings is 1. The summed E-state index contributed by atoms with van der Waals surface area (Å²) in [6.07, 6.45) is 0. The highest BCUT2D eigenvalue weighted by Gasteiger charge is 2.22. The lowest BCUT2D eigenvalue weighted by atomic mass is 10.0. The molecule has 0 aromatic heterocycles. The Bertz CT molecular complexity index is 424. The van der Waals surface area contributed by atoms with E-state index in [4.69, 9.17) is 0 Å². The van der Waals surface area contributed by atoms with Crippen molar-refractivity contribution in [1.29, 1.82) is 0 Å². The molecule has 0 bridgehead atoms. The van der Waals surface area contributed by atoms with Crippen molar-refractivity contribution in [1.82, 2.24) is 10.2 Å². The van der Waals surface area contributed by atoms with Gasteiger partial charge in [0.1, 0.15) is 5.82 Å². The number of nitrogens with one attached hydrogen (secondary N) is 1. The van der Waals surface area contributed by atoms with Crippen molar-refractivity contribution in [3.8, 4) is 0 Å². The van der Waals surface area contributed by atoms with Crippen LogP contribution >= 0.6 is 15.9 Å². The molecule has 1 rings (SSSR count). The number of hydrogen-bond acceptors (Lipinski definition) is 3. The first kappa shape index (κ1) is 16.6. The summed E-state index contributed by atoms with van der Waals surface area (Å²) in [6.45, 7) is 4.84. The Balaban J connectivity index is 2.62. The van der Waals surface area contributed by atoms with Crippen molar-refractivity contribution in [3.05, 3.63) is 34.1 Å². The topological polar surface area (TPSA) is 35.5 Å². The van der Waals surface area contributed by atoms with E-state index in [1.54, 1.807) is 13.0 Å². The van der Waals surface area contributed by atoms with E-state index >= 15 is 0 Å². The molecule has 0 aliphatic rings. The predicted molar refractivity (Wildman–Crippen MR) is 79.7 cm³/mol. The Morgan fingerprint density at radius 1 is 1.47 bits per heavy atom. The molecule has 2 atom stereocenters. The van der Waals surface area contributed by atoms with Gasteiger partial charge in [0.05, 0.1) is 5.60 Å². The van der Waals surface area contributed by atoms with Crippen LogP contribution in [0.25, 0.3) is 0 Å². The van der Waals surface area contributed by atoms with E-state index in [2.05, 4.69) is 21.2 Å². The van der Waals surface area contributed by atoms with Crippen LogP contribution in [-0.2, 0) is 0 Å². The van der Waals surface area contributed by atoms with Gasteiger partial charge in [-0.2, -0.15) is 0 Å². The van der Waals surface area contributed by atoms with Crippen LogP contribution in [0, 0.1) is 5.82 Å². The predicted octanol–water partition coefficient (Wildman–Crippen LogP) is 2.55. The number of nitrogens with zero attached hydrogens (tertiary/aromatic N) is 1. The minimum absolute atomic E-state index is 0.0311. The van der Waals surface area contributed by atoms with E-state index in [0.29, 0.717) is 13.1 Å². The zero-order chi connectivity index (χ0) is 14.6. The highest BCUT2D eigenvalue weighted by Crippen LogP contribution is 2.24. The number of likely N-dealkylation sites (N-methyl/N-ethyl adjacent to an activating group) is 1. The largest absolute Gasteiger partial charge is 0.388 e. The Hall–Kier alpha value is -0.490. The third-order valence-corrected chi connectivity index (χ3v) is 3.56. The fourth-order valence-corrected chi connectivity index (χ4v) is 2.77. The monoisotopic (exact) mass is 332 g/mol. The average Bonchev–Trinajstić information content (AvgIpc) is 2.24. The molecule has 0 aliphatic carbocycles. The lowest BCUT2D eigenvalue weighted by Crippen LogP contribution is -2.46. The van der Waals surface area contributed by atoms with E-state index in [1.165, 1.54) is 12.1 Å². The van der Waals surface area contributed by atoms with Gasteiger partial charge in [0.2, 0.25) is 0 Å². The average molecular weight is 333 g/mol. The lowest BCUT2D eigenvalue weighted by molar-refractivity contribution is 0.0317. The lowest BCUT2D eigenvalue weighted by Gasteiger charge is -2.29. The molecule has 1 aromatic rings. The number of rotatable bonds is 6. The van der Waals surface area contributed by atoms with Gasteiger partial charge in [-0.15, -0.1) is 0 Å². The quantitative estimate of drug-likeness (QED) is 0.840. The fourth-order valence-electron chi connectivity index (χ4n) is 2.07. The van der Waals surface area contributed by atoms with Gasteiger partial charge in [0, 0.05) is 23.6 Å². The fraction of sp³-hybridized carbons (Fsp3) is 0.571. The molecule has 108 valence electrons. The molecule has 0 aliphatic heterocycles. The summed E-state index contributed by atoms with van der Waals surface area (Å²) in [6, 6.07) is 4.67. The first-order valence-corrected chi connectivity index (χ1v) is 7.06. The molecule has 5 heteroatoms. The van der Waals surface area contributed by atoms with Crippen LogP contribution < -0.4 is 5.32 Å². The van der Waals surface area contributed by atoms with Crippen LogP contribution in [-0.4, -0.2) is 42.8 Å². The molecule has 3 nitrogen and oxygen atoms in total. The van der Waals surface area contributed by atoms with Crippen LogP contribution in [0.2, 0.25) is 0 Å². The van der Waals surface area contributed by atoms with Crippen molar-refractivity contribution in [3.63, 3.8) is 0 Å². The highest BCUT2D eigenvalue weighted by molar-refractivity contribution is 9.10. The van der Waals surface area contributed by atoms with Crippen LogP contribution in [0.3, 0.4) is 0 Å². The van der Waals surface area contributed by atoms with Gasteiger partial charge in [-0.25, -0.2) is 4.39 Å². The van der Waals surface area contributed by atoms with Crippen molar-refractivity contribution in [2.45, 2.75) is 25.5 Å². The van der Waals surface area contributed by atoms with E-state index in [9.17, 15) is 9.50 Å². The molecule has 1 aromatic carbocycles. The second kappa shape index (κ2) is 6.79. The van der Waals surface area contributed by atoms with Crippen molar-refractivity contribution in [2.24, 2.45) is 0 Å². The zero-order valence-corrected chi connectivity index (χ0v) is 13.5. The number of aliphatic hydroxyl groups is 1. The summed E-state index contributed by atoms with van der Waals surface area (Å²) >= 11 is 3.36. The maximum Gasteiger partial charge on any atom is 0.124 e. The standard InChI is InChI=1S/C14H22BrFN2O/c1-10(12-6-5-11(16)7-13(12)15)17-8-14(2,19)9-18(3)4/h5-7,10,17,19H,8-9H2,1-4H3. The molecule has 2 N–H and O–H groups in total. The summed E-state index contributed by atoms with van der Waals surface area (Å²) in [5, 5.41) is 13.5. The molecule has 2 unspecified atom stereocenters. The first-order valence-electron chi connectivity index (χ1n) is 6.27. The molecule has 0 saturated carbocycles. The SMILES string of the molecule is CC(NCC(C)(O)CN(C)C)c1ccc(F)cc1Br. The number of halogens is 2. The smallest absolute Gasteiger partial charge is 0.124 e. The van der Waals surface area contributed by atoms with Gasteiger partial charge in [0.25, 0.3) is 0 Å². The molecular weight excluding hydrogens is 311 g/mol. The van der Waals surface area contributed by atoms with E-state index in [1.807, 2.05) is 25.9 Å². The van der Waals surface area contributed by atoms with Gasteiger partial charge < -0.3 is 15.3 Å². The van der Waals surface area contributed by atoms with Crippen molar-refractivity contribution in [2.75, 3.05) is 27.2 Å². The summed E-state index contributed by atoms with van der Waals surface area (Å²) in [4.78, 5) is 1.94. The van der Waals surface area contributed by atoms with Crippen molar-refractivity contribution < 1.29 is 9.50 Å². The Morgan fingerprint density at radius 3 is 2.63 bits per heavy atom. The maximum atomic E-state index is 13.0. The summed E-state index contributed by atoms with van der Waals surface area (Å²) < 4.78 is 13.8. The second-order valence-corrected chi connectivity index (χ2v) is 6.36. The van der Waals surface area contributed by atoms with Crippen molar-refractivity contribution >= 4 is 15.9 Å². The molecular formula is C14H22BrFN2O. The number of hydrogen-bond donors (Lipinski definition) is 2. The maximum absolute atomic E-state index is 13.0. The zero-order valence-electron chi connectivity index (χ0n) is 11.9. The molecule has 0 heterocycles. The van der Waals surface area contributed by atoms with Gasteiger partial charge in [-0.1, -0.05) is 22.0 Å². The third-order valence-electron chi connectivity index (χ3n) is 2.87. The van der Waals surface area contributed by atoms with Gasteiger partial charge in [0.15, 0.2) is 0 Å². The molecule has 19 heavy (non-hydrogen) atoms. The minimum atomic E-state index is -0.801. The minimum Gasteiger partial charge on any atom is -0.388 e. The van der Waals surface area contributed by atoms with Crippen LogP contribution in [0.1, 0.15) is 25.5 Å². The Kier molecular flexibility index (Phi) is 5.92. The van der Waals surface area contributed by atoms with Gasteiger partial charge in [-0.05, 0) is 45.6 Å². The van der Waals surface area contributed by atoms with Gasteiger partial charge >= 0.3 is 0 Å². The van der Waals surface area contributed by atoms with Crippen LogP contribution in [0.15, 0.2) is 22.7 Å². The second-order valence-electron chi connectivity index (χ2n) is 5.50. The van der Waals surface area contributed by atoms with Crippen LogP contribution in [0.4, 0.5) is 4.39 Å². The summed E-state index contributed by atoms with van der Waals surface area (Å²) in [5.41, 5.74) is 0.173. The first-order chi connectivity index (χ1) is 8.71. The normalized spacial score (nSPS) is 16.4. The van der Waals surface area contributed by atoms with Crippen LogP contribution in [0.5, 0.6) is 0 Å².